The Kier molecular flexibility index (Phi) is 7.53. The van der Waals surface area contributed by atoms with Crippen molar-refractivity contribution in [2.24, 2.45) is 10.2 Å². The summed E-state index contributed by atoms with van der Waals surface area (Å²) in [4.78, 5) is 11.1. The number of amides is 1. The number of benzene rings is 1. The molecule has 1 N–H and O–H groups in total. The molecule has 2 rings (SSSR count). The van der Waals surface area contributed by atoms with Gasteiger partial charge in [0.2, 0.25) is 5.91 Å². The summed E-state index contributed by atoms with van der Waals surface area (Å²) < 4.78 is 11.6. The highest BCUT2D eigenvalue weighted by Crippen LogP contribution is 2.33. The van der Waals surface area contributed by atoms with Gasteiger partial charge in [-0.2, -0.15) is 5.10 Å². The molecule has 1 aromatic rings. The lowest BCUT2D eigenvalue weighted by Gasteiger charge is -2.16. The van der Waals surface area contributed by atoms with Gasteiger partial charge in [0, 0.05) is 5.56 Å². The minimum absolute atomic E-state index is 0.0525. The normalized spacial score (nSPS) is 15.6. The SMILES string of the molecule is C=CCc1cc(C=NN=C2NC(=O)CS2)cc(OCC)c1OCCC. The van der Waals surface area contributed by atoms with E-state index in [4.69, 9.17) is 9.47 Å². The zero-order valence-electron chi connectivity index (χ0n) is 14.6. The van der Waals surface area contributed by atoms with Gasteiger partial charge < -0.3 is 14.8 Å². The van der Waals surface area contributed by atoms with Crippen LogP contribution in [0.3, 0.4) is 0 Å². The number of amidine groups is 1. The molecule has 0 saturated carbocycles. The number of carbonyl (C=O) groups is 1. The van der Waals surface area contributed by atoms with Gasteiger partial charge in [-0.05, 0) is 37.5 Å². The first kappa shape index (κ1) is 19.1. The Labute approximate surface area is 152 Å². The molecule has 0 spiro atoms. The van der Waals surface area contributed by atoms with Crippen LogP contribution in [0.25, 0.3) is 0 Å². The van der Waals surface area contributed by atoms with E-state index in [1.54, 1.807) is 6.21 Å². The highest BCUT2D eigenvalue weighted by atomic mass is 32.2. The average Bonchev–Trinajstić information content (AvgIpc) is 3.00. The van der Waals surface area contributed by atoms with Crippen LogP contribution < -0.4 is 14.8 Å². The lowest BCUT2D eigenvalue weighted by atomic mass is 10.1. The molecule has 0 bridgehead atoms. The van der Waals surface area contributed by atoms with E-state index in [2.05, 4.69) is 29.0 Å². The Morgan fingerprint density at radius 3 is 2.84 bits per heavy atom. The van der Waals surface area contributed by atoms with E-state index in [1.165, 1.54) is 11.8 Å². The summed E-state index contributed by atoms with van der Waals surface area (Å²) in [6.07, 6.45) is 5.05. The zero-order chi connectivity index (χ0) is 18.1. The summed E-state index contributed by atoms with van der Waals surface area (Å²) in [5.74, 6) is 1.78. The van der Waals surface area contributed by atoms with Crippen LogP contribution in [0.2, 0.25) is 0 Å². The average molecular weight is 361 g/mol. The Hall–Kier alpha value is -2.28. The molecular weight excluding hydrogens is 338 g/mol. The van der Waals surface area contributed by atoms with E-state index < -0.39 is 0 Å². The van der Waals surface area contributed by atoms with Gasteiger partial charge in [-0.1, -0.05) is 24.8 Å². The number of thioether (sulfide) groups is 1. The third-order valence-corrected chi connectivity index (χ3v) is 4.07. The molecular formula is C18H23N3O3S. The molecule has 25 heavy (non-hydrogen) atoms. The maximum absolute atomic E-state index is 11.1. The summed E-state index contributed by atoms with van der Waals surface area (Å²) >= 11 is 1.34. The van der Waals surface area contributed by atoms with Gasteiger partial charge in [-0.3, -0.25) is 4.79 Å². The molecule has 0 radical (unpaired) electrons. The summed E-state index contributed by atoms with van der Waals surface area (Å²) in [5.41, 5.74) is 1.84. The van der Waals surface area contributed by atoms with E-state index in [-0.39, 0.29) is 5.91 Å². The molecule has 1 aliphatic heterocycles. The third-order valence-electron chi connectivity index (χ3n) is 3.21. The highest BCUT2D eigenvalue weighted by molar-refractivity contribution is 8.15. The van der Waals surface area contributed by atoms with E-state index in [1.807, 2.05) is 25.1 Å². The largest absolute Gasteiger partial charge is 0.490 e. The fraction of sp³-hybridized carbons (Fsp3) is 0.389. The first-order valence-electron chi connectivity index (χ1n) is 8.25. The van der Waals surface area contributed by atoms with Crippen LogP contribution in [-0.4, -0.2) is 36.3 Å². The van der Waals surface area contributed by atoms with Crippen molar-refractivity contribution in [3.8, 4) is 11.5 Å². The minimum Gasteiger partial charge on any atom is -0.490 e. The van der Waals surface area contributed by atoms with E-state index in [0.29, 0.717) is 36.3 Å². The molecule has 1 aliphatic rings. The van der Waals surface area contributed by atoms with E-state index in [9.17, 15) is 4.79 Å². The second-order valence-electron chi connectivity index (χ2n) is 5.27. The number of hydrogen-bond acceptors (Lipinski definition) is 6. The molecule has 7 heteroatoms. The first-order chi connectivity index (χ1) is 12.2. The topological polar surface area (TPSA) is 72.3 Å². The van der Waals surface area contributed by atoms with Gasteiger partial charge in [0.25, 0.3) is 0 Å². The van der Waals surface area contributed by atoms with Crippen molar-refractivity contribution in [2.45, 2.75) is 26.7 Å². The Balaban J connectivity index is 2.27. The molecule has 1 heterocycles. The van der Waals surface area contributed by atoms with Crippen molar-refractivity contribution in [1.82, 2.24) is 5.32 Å². The van der Waals surface area contributed by atoms with Crippen LogP contribution in [0.1, 0.15) is 31.4 Å². The van der Waals surface area contributed by atoms with Crippen molar-refractivity contribution in [3.63, 3.8) is 0 Å². The first-order valence-corrected chi connectivity index (χ1v) is 9.23. The predicted octanol–water partition coefficient (Wildman–Crippen LogP) is 3.16. The molecule has 134 valence electrons. The molecule has 1 saturated heterocycles. The van der Waals surface area contributed by atoms with Crippen LogP contribution in [0, 0.1) is 0 Å². The Bertz CT molecular complexity index is 686. The number of carbonyl (C=O) groups excluding carboxylic acids is 1. The summed E-state index contributed by atoms with van der Waals surface area (Å²) in [6.45, 7) is 8.98. The number of allylic oxidation sites excluding steroid dienone is 1. The monoisotopic (exact) mass is 361 g/mol. The molecule has 0 aromatic heterocycles. The minimum atomic E-state index is -0.0525. The fourth-order valence-electron chi connectivity index (χ4n) is 2.22. The van der Waals surface area contributed by atoms with Crippen molar-refractivity contribution in [3.05, 3.63) is 35.9 Å². The maximum Gasteiger partial charge on any atom is 0.236 e. The molecule has 0 atom stereocenters. The predicted molar refractivity (Wildman–Crippen MR) is 103 cm³/mol. The smallest absolute Gasteiger partial charge is 0.236 e. The number of nitrogens with zero attached hydrogens (tertiary/aromatic N) is 2. The van der Waals surface area contributed by atoms with Crippen LogP contribution in [0.15, 0.2) is 35.0 Å². The van der Waals surface area contributed by atoms with Crippen LogP contribution in [0.4, 0.5) is 0 Å². The zero-order valence-corrected chi connectivity index (χ0v) is 15.4. The van der Waals surface area contributed by atoms with Crippen molar-refractivity contribution < 1.29 is 14.3 Å². The quantitative estimate of drug-likeness (QED) is 0.417. The highest BCUT2D eigenvalue weighted by Gasteiger charge is 2.16. The lowest BCUT2D eigenvalue weighted by Crippen LogP contribution is -2.19. The van der Waals surface area contributed by atoms with Gasteiger partial charge >= 0.3 is 0 Å². The number of rotatable bonds is 9. The van der Waals surface area contributed by atoms with Gasteiger partial charge in [0.05, 0.1) is 25.2 Å². The van der Waals surface area contributed by atoms with Crippen molar-refractivity contribution >= 4 is 29.1 Å². The fourth-order valence-corrected chi connectivity index (χ4v) is 2.85. The van der Waals surface area contributed by atoms with Gasteiger partial charge in [-0.15, -0.1) is 11.7 Å². The molecule has 1 fully saturated rings. The number of ether oxygens (including phenoxy) is 2. The number of nitrogens with one attached hydrogen (secondary N) is 1. The van der Waals surface area contributed by atoms with Crippen LogP contribution in [-0.2, 0) is 11.2 Å². The number of hydrogen-bond donors (Lipinski definition) is 1. The second kappa shape index (κ2) is 9.88. The van der Waals surface area contributed by atoms with Crippen LogP contribution >= 0.6 is 11.8 Å². The molecule has 0 aliphatic carbocycles. The van der Waals surface area contributed by atoms with Crippen LogP contribution in [0.5, 0.6) is 11.5 Å². The summed E-state index contributed by atoms with van der Waals surface area (Å²) in [7, 11) is 0. The molecule has 6 nitrogen and oxygen atoms in total. The van der Waals surface area contributed by atoms with Crippen molar-refractivity contribution in [1.29, 1.82) is 0 Å². The molecule has 0 unspecified atom stereocenters. The Morgan fingerprint density at radius 2 is 2.20 bits per heavy atom. The van der Waals surface area contributed by atoms with Gasteiger partial charge in [0.1, 0.15) is 0 Å². The molecule has 1 aromatic carbocycles. The van der Waals surface area contributed by atoms with E-state index in [0.717, 1.165) is 23.3 Å². The van der Waals surface area contributed by atoms with Crippen molar-refractivity contribution in [2.75, 3.05) is 19.0 Å². The Morgan fingerprint density at radius 1 is 1.36 bits per heavy atom. The van der Waals surface area contributed by atoms with Gasteiger partial charge in [-0.25, -0.2) is 0 Å². The lowest BCUT2D eigenvalue weighted by molar-refractivity contribution is -0.116. The van der Waals surface area contributed by atoms with E-state index >= 15 is 0 Å². The maximum atomic E-state index is 11.1. The summed E-state index contributed by atoms with van der Waals surface area (Å²) in [5, 5.41) is 11.2. The van der Waals surface area contributed by atoms with Gasteiger partial charge in [0.15, 0.2) is 16.7 Å². The second-order valence-corrected chi connectivity index (χ2v) is 6.23. The molecule has 1 amide bonds. The summed E-state index contributed by atoms with van der Waals surface area (Å²) in [6, 6.07) is 3.87. The third kappa shape index (κ3) is 5.63. The standard InChI is InChI=1S/C18H23N3O3S/c1-4-7-14-9-13(11-19-21-18-20-16(22)12-25-18)10-15(23-6-3)17(14)24-8-5-2/h4,9-11H,1,5-8,12H2,2-3H3,(H,20,21,22).